The molecular formula is C28H21F3N6O. The smallest absolute Gasteiger partial charge is 0.235 e. The summed E-state index contributed by atoms with van der Waals surface area (Å²) in [5.41, 5.74) is 7.98. The predicted molar refractivity (Wildman–Crippen MR) is 137 cm³/mol. The highest BCUT2D eigenvalue weighted by atomic mass is 19.2. The average Bonchev–Trinajstić information content (AvgIpc) is 3.37. The highest BCUT2D eigenvalue weighted by Crippen LogP contribution is 2.40. The summed E-state index contributed by atoms with van der Waals surface area (Å²) in [5.74, 6) is -2.78. The second kappa shape index (κ2) is 8.41. The van der Waals surface area contributed by atoms with E-state index >= 15 is 0 Å². The third-order valence-electron chi connectivity index (χ3n) is 6.86. The summed E-state index contributed by atoms with van der Waals surface area (Å²) in [6.45, 7) is 3.45. The number of fused-ring (bicyclic) bond motifs is 2. The largest absolute Gasteiger partial charge is 0.383 e. The molecule has 3 N–H and O–H groups in total. The molecule has 4 heterocycles. The van der Waals surface area contributed by atoms with Gasteiger partial charge < -0.3 is 15.5 Å². The molecule has 0 atom stereocenters. The number of halogens is 3. The molecule has 0 spiro atoms. The summed E-state index contributed by atoms with van der Waals surface area (Å²) in [5, 5.41) is 2.74. The fourth-order valence-corrected chi connectivity index (χ4v) is 4.80. The summed E-state index contributed by atoms with van der Waals surface area (Å²) in [7, 11) is 0. The Bertz CT molecular complexity index is 1760. The topological polar surface area (TPSA) is 98.2 Å². The van der Waals surface area contributed by atoms with Gasteiger partial charge in [0.15, 0.2) is 17.5 Å². The fraction of sp³-hybridized carbons (Fsp3) is 0.143. The van der Waals surface area contributed by atoms with Gasteiger partial charge in [-0.05, 0) is 43.2 Å². The van der Waals surface area contributed by atoms with Gasteiger partial charge >= 0.3 is 0 Å². The molecule has 3 aromatic heterocycles. The number of pyridine rings is 1. The molecule has 0 saturated heterocycles. The average molecular weight is 515 g/mol. The number of nitrogens with one attached hydrogen (secondary N) is 1. The number of aromatic nitrogens is 4. The van der Waals surface area contributed by atoms with Gasteiger partial charge in [0, 0.05) is 18.2 Å². The number of imidazole rings is 1. The van der Waals surface area contributed by atoms with Crippen LogP contribution in [0.5, 0.6) is 0 Å². The van der Waals surface area contributed by atoms with Gasteiger partial charge in [-0.2, -0.15) is 0 Å². The minimum absolute atomic E-state index is 0.124. The van der Waals surface area contributed by atoms with E-state index in [4.69, 9.17) is 5.73 Å². The molecule has 0 saturated carbocycles. The number of hydrogen-bond acceptors (Lipinski definition) is 5. The van der Waals surface area contributed by atoms with Gasteiger partial charge in [0.2, 0.25) is 5.91 Å². The molecule has 190 valence electrons. The number of anilines is 2. The van der Waals surface area contributed by atoms with Crippen LogP contribution < -0.4 is 11.1 Å². The van der Waals surface area contributed by atoms with Crippen molar-refractivity contribution in [3.8, 4) is 22.6 Å². The van der Waals surface area contributed by atoms with Crippen LogP contribution in [-0.2, 0) is 16.6 Å². The zero-order valence-corrected chi connectivity index (χ0v) is 20.4. The van der Waals surface area contributed by atoms with E-state index in [2.05, 4.69) is 20.3 Å². The van der Waals surface area contributed by atoms with Crippen molar-refractivity contribution >= 4 is 23.1 Å². The molecular weight excluding hydrogens is 493 g/mol. The molecule has 1 aliphatic heterocycles. The molecule has 1 aliphatic rings. The minimum Gasteiger partial charge on any atom is -0.383 e. The maximum Gasteiger partial charge on any atom is 0.235 e. The van der Waals surface area contributed by atoms with Crippen LogP contribution in [0.4, 0.5) is 24.8 Å². The number of nitrogens with zero attached hydrogens (tertiary/aromatic N) is 4. The third-order valence-corrected chi connectivity index (χ3v) is 6.86. The molecule has 0 unspecified atom stereocenters. The van der Waals surface area contributed by atoms with E-state index in [9.17, 15) is 18.0 Å². The van der Waals surface area contributed by atoms with E-state index in [1.165, 1.54) is 0 Å². The second-order valence-electron chi connectivity index (χ2n) is 9.65. The SMILES string of the molecule is CC1(C)C(=O)Nc2nc(-c3nc(Cc4c(F)ccc(F)c4F)n4cc(-c5ccccc5)ccc34)nc(N)c21. The number of carbonyl (C=O) groups excluding carboxylic acids is 1. The van der Waals surface area contributed by atoms with Crippen LogP contribution in [0.3, 0.4) is 0 Å². The van der Waals surface area contributed by atoms with Gasteiger partial charge in [-0.25, -0.2) is 28.1 Å². The molecule has 0 aliphatic carbocycles. The Morgan fingerprint density at radius 3 is 2.42 bits per heavy atom. The van der Waals surface area contributed by atoms with E-state index in [1.807, 2.05) is 36.4 Å². The molecule has 2 aromatic carbocycles. The van der Waals surface area contributed by atoms with Gasteiger partial charge in [-0.15, -0.1) is 0 Å². The van der Waals surface area contributed by atoms with Crippen LogP contribution in [0, 0.1) is 17.5 Å². The van der Waals surface area contributed by atoms with Crippen molar-refractivity contribution in [1.82, 2.24) is 19.4 Å². The first kappa shape index (κ1) is 23.7. The van der Waals surface area contributed by atoms with Crippen molar-refractivity contribution in [3.63, 3.8) is 0 Å². The van der Waals surface area contributed by atoms with Gasteiger partial charge in [0.25, 0.3) is 0 Å². The Morgan fingerprint density at radius 2 is 1.66 bits per heavy atom. The van der Waals surface area contributed by atoms with Gasteiger partial charge in [-0.3, -0.25) is 4.79 Å². The first-order valence-electron chi connectivity index (χ1n) is 11.8. The molecule has 10 heteroatoms. The lowest BCUT2D eigenvalue weighted by molar-refractivity contribution is -0.119. The van der Waals surface area contributed by atoms with Crippen molar-refractivity contribution in [2.45, 2.75) is 25.7 Å². The third kappa shape index (κ3) is 3.60. The van der Waals surface area contributed by atoms with Gasteiger partial charge in [-0.1, -0.05) is 36.4 Å². The highest BCUT2D eigenvalue weighted by molar-refractivity contribution is 6.06. The summed E-state index contributed by atoms with van der Waals surface area (Å²) < 4.78 is 44.8. The maximum atomic E-state index is 14.6. The lowest BCUT2D eigenvalue weighted by atomic mass is 9.87. The summed E-state index contributed by atoms with van der Waals surface area (Å²) in [4.78, 5) is 26.1. The van der Waals surface area contributed by atoms with E-state index < -0.39 is 28.4 Å². The van der Waals surface area contributed by atoms with Crippen LogP contribution in [0.1, 0.15) is 30.8 Å². The highest BCUT2D eigenvalue weighted by Gasteiger charge is 2.42. The fourth-order valence-electron chi connectivity index (χ4n) is 4.80. The summed E-state index contributed by atoms with van der Waals surface area (Å²) in [6, 6.07) is 14.9. The van der Waals surface area contributed by atoms with E-state index in [0.29, 0.717) is 16.8 Å². The maximum absolute atomic E-state index is 14.6. The zero-order chi connectivity index (χ0) is 26.8. The Hall–Kier alpha value is -4.73. The van der Waals surface area contributed by atoms with Crippen molar-refractivity contribution in [2.24, 2.45) is 0 Å². The molecule has 0 radical (unpaired) electrons. The van der Waals surface area contributed by atoms with E-state index in [0.717, 1.165) is 23.3 Å². The molecule has 6 rings (SSSR count). The molecule has 38 heavy (non-hydrogen) atoms. The number of nitrogens with two attached hydrogens (primary N) is 1. The standard InChI is InChI=1S/C28H21F3N6O/c1-28(2)21-24(32)34-26(35-25(21)36-27(28)38)23-19-11-8-15(14-6-4-3-5-7-14)13-37(19)20(33-23)12-16-17(29)9-10-18(30)22(16)31/h3-11,13H,12H2,1-2H3,(H3,32,34,35,36,38). The first-order valence-corrected chi connectivity index (χ1v) is 11.8. The number of amides is 1. The number of carbonyl (C=O) groups is 1. The number of benzene rings is 2. The Balaban J connectivity index is 1.56. The predicted octanol–water partition coefficient (Wildman–Crippen LogP) is 5.28. The first-order chi connectivity index (χ1) is 18.1. The second-order valence-corrected chi connectivity index (χ2v) is 9.65. The van der Waals surface area contributed by atoms with Gasteiger partial charge in [0.05, 0.1) is 16.5 Å². The van der Waals surface area contributed by atoms with Crippen molar-refractivity contribution in [2.75, 3.05) is 11.1 Å². The van der Waals surface area contributed by atoms with Crippen LogP contribution in [0.2, 0.25) is 0 Å². The van der Waals surface area contributed by atoms with Crippen LogP contribution in [0.15, 0.2) is 60.8 Å². The number of hydrogen-bond donors (Lipinski definition) is 2. The normalized spacial score (nSPS) is 14.1. The zero-order valence-electron chi connectivity index (χ0n) is 20.4. The van der Waals surface area contributed by atoms with Crippen LogP contribution in [0.25, 0.3) is 28.2 Å². The molecule has 1 amide bonds. The lowest BCUT2D eigenvalue weighted by Gasteiger charge is -2.16. The van der Waals surface area contributed by atoms with E-state index in [-0.39, 0.29) is 35.6 Å². The summed E-state index contributed by atoms with van der Waals surface area (Å²) >= 11 is 0. The monoisotopic (exact) mass is 514 g/mol. The molecule has 0 bridgehead atoms. The Morgan fingerprint density at radius 1 is 0.921 bits per heavy atom. The summed E-state index contributed by atoms with van der Waals surface area (Å²) in [6.07, 6.45) is 1.45. The van der Waals surface area contributed by atoms with Crippen LogP contribution >= 0.6 is 0 Å². The number of nitrogen functional groups attached to an aromatic ring is 1. The van der Waals surface area contributed by atoms with Crippen LogP contribution in [-0.4, -0.2) is 25.3 Å². The molecule has 7 nitrogen and oxygen atoms in total. The number of rotatable bonds is 4. The quantitative estimate of drug-likeness (QED) is 0.318. The van der Waals surface area contributed by atoms with Crippen molar-refractivity contribution in [3.05, 3.63) is 95.2 Å². The molecule has 5 aromatic rings. The molecule has 0 fully saturated rings. The Labute approximate surface area is 215 Å². The van der Waals surface area contributed by atoms with Crippen molar-refractivity contribution < 1.29 is 18.0 Å². The van der Waals surface area contributed by atoms with Crippen molar-refractivity contribution in [1.29, 1.82) is 0 Å². The van der Waals surface area contributed by atoms with Gasteiger partial charge in [0.1, 0.15) is 29.0 Å². The minimum atomic E-state index is -1.27. The Kier molecular flexibility index (Phi) is 5.23. The lowest BCUT2D eigenvalue weighted by Crippen LogP contribution is -2.27. The van der Waals surface area contributed by atoms with E-state index in [1.54, 1.807) is 30.5 Å².